The van der Waals surface area contributed by atoms with Crippen LogP contribution in [-0.4, -0.2) is 30.6 Å². The van der Waals surface area contributed by atoms with Crippen LogP contribution in [0.15, 0.2) is 4.79 Å². The van der Waals surface area contributed by atoms with Crippen molar-refractivity contribution in [1.29, 1.82) is 0 Å². The molecule has 92 valence electrons. The van der Waals surface area contributed by atoms with Gasteiger partial charge in [-0.1, -0.05) is 0 Å². The monoisotopic (exact) mass is 257 g/mol. The number of nitrogens with one attached hydrogen (secondary N) is 1. The van der Waals surface area contributed by atoms with Gasteiger partial charge in [-0.25, -0.2) is 9.59 Å². The van der Waals surface area contributed by atoms with Crippen LogP contribution >= 0.6 is 11.3 Å². The molecule has 1 heterocycles. The van der Waals surface area contributed by atoms with Crippen molar-refractivity contribution in [2.75, 3.05) is 13.7 Å². The number of H-pyrrole nitrogens is 1. The number of aromatic amines is 1. The van der Waals surface area contributed by atoms with Crippen LogP contribution in [0.1, 0.15) is 6.92 Å². The van der Waals surface area contributed by atoms with Crippen LogP contribution in [0.3, 0.4) is 0 Å². The first-order valence-corrected chi connectivity index (χ1v) is 5.55. The summed E-state index contributed by atoms with van der Waals surface area (Å²) in [6.45, 7) is 1.94. The molecule has 1 N–H and O–H groups in total. The van der Waals surface area contributed by atoms with E-state index in [-0.39, 0.29) is 11.1 Å². The van der Waals surface area contributed by atoms with Gasteiger partial charge in [-0.05, 0) is 6.92 Å². The summed E-state index contributed by atoms with van der Waals surface area (Å²) in [7, 11) is 1.21. The Hall–Kier alpha value is -1.89. The lowest BCUT2D eigenvalue weighted by atomic mass is 10.6. The first-order chi connectivity index (χ1) is 8.06. The van der Waals surface area contributed by atoms with Crippen LogP contribution in [0, 0.1) is 0 Å². The summed E-state index contributed by atoms with van der Waals surface area (Å²) in [5, 5.41) is 0. The predicted molar refractivity (Wildman–Crippen MR) is 61.8 cm³/mol. The number of aromatic nitrogens is 1. The number of hydrogen-bond acceptors (Lipinski definition) is 6. The van der Waals surface area contributed by atoms with Crippen molar-refractivity contribution in [3.05, 3.63) is 19.5 Å². The van der Waals surface area contributed by atoms with Crippen LogP contribution in [-0.2, 0) is 19.1 Å². The van der Waals surface area contributed by atoms with Gasteiger partial charge in [-0.15, -0.1) is 11.3 Å². The topological polar surface area (TPSA) is 85.5 Å². The van der Waals surface area contributed by atoms with Gasteiger partial charge in [0, 0.05) is 6.08 Å². The van der Waals surface area contributed by atoms with Crippen molar-refractivity contribution < 1.29 is 19.1 Å². The highest BCUT2D eigenvalue weighted by Crippen LogP contribution is 1.80. The van der Waals surface area contributed by atoms with Crippen molar-refractivity contribution >= 4 is 35.4 Å². The van der Waals surface area contributed by atoms with E-state index in [0.29, 0.717) is 4.66 Å². The molecule has 0 saturated heterocycles. The van der Waals surface area contributed by atoms with E-state index in [1.165, 1.54) is 7.11 Å². The highest BCUT2D eigenvalue weighted by Gasteiger charge is 2.00. The van der Waals surface area contributed by atoms with E-state index >= 15 is 0 Å². The zero-order valence-electron chi connectivity index (χ0n) is 9.31. The van der Waals surface area contributed by atoms with Gasteiger partial charge in [-0.3, -0.25) is 4.79 Å². The molecule has 7 heteroatoms. The molecule has 1 aromatic heterocycles. The normalized spacial score (nSPS) is 12.6. The Morgan fingerprint density at radius 3 is 2.65 bits per heavy atom. The summed E-state index contributed by atoms with van der Waals surface area (Å²) in [4.78, 5) is 35.9. The van der Waals surface area contributed by atoms with E-state index in [4.69, 9.17) is 0 Å². The van der Waals surface area contributed by atoms with Crippen molar-refractivity contribution in [2.45, 2.75) is 6.92 Å². The number of methoxy groups -OCH3 is 1. The number of carbonyl (C=O) groups is 2. The molecule has 0 aliphatic rings. The fourth-order valence-electron chi connectivity index (χ4n) is 0.981. The van der Waals surface area contributed by atoms with E-state index in [1.54, 1.807) is 6.92 Å². The lowest BCUT2D eigenvalue weighted by molar-refractivity contribution is -0.135. The maximum Gasteiger partial charge on any atom is 0.333 e. The standard InChI is InChI=1S/C10H11NO5S/c1-3-16-9(13)5-7-11-10(14)6(17-7)4-8(12)15-2/h4-5H,3H2,1-2H3,(H,11,14)/b6-4-,7-5+. The van der Waals surface area contributed by atoms with Crippen molar-refractivity contribution in [2.24, 2.45) is 0 Å². The van der Waals surface area contributed by atoms with E-state index in [0.717, 1.165) is 23.5 Å². The molecule has 0 aliphatic heterocycles. The van der Waals surface area contributed by atoms with Gasteiger partial charge in [-0.2, -0.15) is 0 Å². The van der Waals surface area contributed by atoms with Gasteiger partial charge in [0.05, 0.1) is 19.8 Å². The largest absolute Gasteiger partial charge is 0.466 e. The molecular formula is C10H11NO5S. The molecule has 17 heavy (non-hydrogen) atoms. The van der Waals surface area contributed by atoms with Gasteiger partial charge in [0.2, 0.25) is 0 Å². The Bertz CT molecular complexity index is 583. The van der Waals surface area contributed by atoms with Crippen molar-refractivity contribution in [3.8, 4) is 0 Å². The summed E-state index contributed by atoms with van der Waals surface area (Å²) < 4.78 is 9.58. The molecule has 0 unspecified atom stereocenters. The summed E-state index contributed by atoms with van der Waals surface area (Å²) in [5.74, 6) is -1.17. The molecule has 0 radical (unpaired) electrons. The van der Waals surface area contributed by atoms with Crippen LogP contribution < -0.4 is 14.8 Å². The molecule has 1 aromatic rings. The smallest absolute Gasteiger partial charge is 0.333 e. The average molecular weight is 257 g/mol. The minimum absolute atomic E-state index is 0.174. The average Bonchev–Trinajstić information content (AvgIpc) is 2.59. The summed E-state index contributed by atoms with van der Waals surface area (Å²) in [6, 6.07) is 0. The van der Waals surface area contributed by atoms with E-state index in [1.807, 2.05) is 0 Å². The van der Waals surface area contributed by atoms with Crippen LogP contribution in [0.5, 0.6) is 0 Å². The Labute approximate surface area is 100 Å². The van der Waals surface area contributed by atoms with Gasteiger partial charge >= 0.3 is 11.9 Å². The predicted octanol–water partition coefficient (Wildman–Crippen LogP) is -1.27. The van der Waals surface area contributed by atoms with Crippen LogP contribution in [0.25, 0.3) is 12.2 Å². The second-order valence-corrected chi connectivity index (χ2v) is 3.93. The van der Waals surface area contributed by atoms with E-state index in [9.17, 15) is 14.4 Å². The number of rotatable bonds is 3. The summed E-state index contributed by atoms with van der Waals surface area (Å²) in [6.07, 6.45) is 2.22. The Kier molecular flexibility index (Phi) is 4.65. The number of hydrogen-bond donors (Lipinski definition) is 1. The molecule has 0 aliphatic carbocycles. The van der Waals surface area contributed by atoms with Crippen LogP contribution in [0.2, 0.25) is 0 Å². The van der Waals surface area contributed by atoms with E-state index < -0.39 is 17.5 Å². The first kappa shape index (κ1) is 13.2. The minimum Gasteiger partial charge on any atom is -0.466 e. The van der Waals surface area contributed by atoms with Crippen molar-refractivity contribution in [3.63, 3.8) is 0 Å². The molecule has 6 nitrogen and oxygen atoms in total. The van der Waals surface area contributed by atoms with Crippen molar-refractivity contribution in [1.82, 2.24) is 4.98 Å². The Balaban J connectivity index is 3.13. The Morgan fingerprint density at radius 1 is 1.35 bits per heavy atom. The second-order valence-electron chi connectivity index (χ2n) is 2.85. The zero-order valence-corrected chi connectivity index (χ0v) is 10.1. The maximum absolute atomic E-state index is 11.4. The van der Waals surface area contributed by atoms with E-state index in [2.05, 4.69) is 14.5 Å². The van der Waals surface area contributed by atoms with Crippen LogP contribution in [0.4, 0.5) is 0 Å². The number of thiazole rings is 1. The maximum atomic E-state index is 11.4. The molecular weight excluding hydrogens is 246 g/mol. The molecule has 0 saturated carbocycles. The first-order valence-electron chi connectivity index (χ1n) is 4.74. The van der Waals surface area contributed by atoms with Gasteiger partial charge in [0.25, 0.3) is 5.56 Å². The SMILES string of the molecule is CCOC(=O)/C=c1\[nH]c(=O)/c(=C/C(=O)OC)s1. The lowest BCUT2D eigenvalue weighted by Gasteiger charge is -1.92. The molecule has 0 fully saturated rings. The second kappa shape index (κ2) is 6.00. The fourth-order valence-corrected chi connectivity index (χ4v) is 1.82. The van der Waals surface area contributed by atoms with Gasteiger partial charge in [0.15, 0.2) is 0 Å². The number of ether oxygens (including phenoxy) is 2. The third-order valence-corrected chi connectivity index (χ3v) is 2.63. The summed E-state index contributed by atoms with van der Waals surface area (Å²) >= 11 is 0.977. The third kappa shape index (κ3) is 3.87. The number of esters is 2. The molecule has 0 aromatic carbocycles. The molecule has 1 rings (SSSR count). The molecule has 0 atom stereocenters. The quantitative estimate of drug-likeness (QED) is 0.683. The molecule has 0 bridgehead atoms. The fraction of sp³-hybridized carbons (Fsp3) is 0.300. The van der Waals surface area contributed by atoms with Gasteiger partial charge in [0.1, 0.15) is 9.20 Å². The highest BCUT2D eigenvalue weighted by molar-refractivity contribution is 7.07. The molecule has 0 amide bonds. The third-order valence-electron chi connectivity index (χ3n) is 1.67. The lowest BCUT2D eigenvalue weighted by Crippen LogP contribution is -2.21. The zero-order chi connectivity index (χ0) is 12.8. The highest BCUT2D eigenvalue weighted by atomic mass is 32.1. The van der Waals surface area contributed by atoms with Gasteiger partial charge < -0.3 is 14.5 Å². The number of carbonyl (C=O) groups excluding carboxylic acids is 2. The minimum atomic E-state index is -0.625. The Morgan fingerprint density at radius 2 is 2.06 bits per heavy atom. The summed E-state index contributed by atoms with van der Waals surface area (Å²) in [5.41, 5.74) is -0.448. The molecule has 0 spiro atoms.